The number of hydrogen-bond donors (Lipinski definition) is 1. The van der Waals surface area contributed by atoms with Crippen molar-refractivity contribution >= 4 is 23.2 Å². The van der Waals surface area contributed by atoms with E-state index in [2.05, 4.69) is 16.8 Å². The number of imidazole rings is 1. The van der Waals surface area contributed by atoms with Gasteiger partial charge in [0.15, 0.2) is 0 Å². The SMILES string of the molecule is CCC(=O)Nc1ccc(-n2c(-c3ccc(Cl)cc3)nc(C)c2C)cc1. The molecule has 1 amide bonds. The number of halogens is 1. The van der Waals surface area contributed by atoms with Crippen LogP contribution in [0.15, 0.2) is 48.5 Å². The predicted molar refractivity (Wildman–Crippen MR) is 102 cm³/mol. The summed E-state index contributed by atoms with van der Waals surface area (Å²) in [5.74, 6) is 0.876. The van der Waals surface area contributed by atoms with Gasteiger partial charge >= 0.3 is 0 Å². The van der Waals surface area contributed by atoms with Gasteiger partial charge in [0, 0.05) is 34.1 Å². The lowest BCUT2D eigenvalue weighted by molar-refractivity contribution is -0.115. The number of hydrogen-bond acceptors (Lipinski definition) is 2. The highest BCUT2D eigenvalue weighted by molar-refractivity contribution is 6.30. The van der Waals surface area contributed by atoms with E-state index in [4.69, 9.17) is 16.6 Å². The van der Waals surface area contributed by atoms with Gasteiger partial charge in [-0.2, -0.15) is 0 Å². The minimum atomic E-state index is 0.00394. The summed E-state index contributed by atoms with van der Waals surface area (Å²) in [7, 11) is 0. The summed E-state index contributed by atoms with van der Waals surface area (Å²) < 4.78 is 2.12. The molecule has 0 spiro atoms. The van der Waals surface area contributed by atoms with Crippen LogP contribution in [-0.4, -0.2) is 15.5 Å². The Morgan fingerprint density at radius 1 is 1.08 bits per heavy atom. The molecule has 0 saturated heterocycles. The van der Waals surface area contributed by atoms with E-state index in [0.717, 1.165) is 34.2 Å². The van der Waals surface area contributed by atoms with Crippen LogP contribution in [0.25, 0.3) is 17.1 Å². The van der Waals surface area contributed by atoms with E-state index in [1.807, 2.05) is 62.4 Å². The van der Waals surface area contributed by atoms with E-state index in [9.17, 15) is 4.79 Å². The molecule has 0 saturated carbocycles. The van der Waals surface area contributed by atoms with Crippen molar-refractivity contribution in [2.45, 2.75) is 27.2 Å². The number of nitrogens with zero attached hydrogens (tertiary/aromatic N) is 2. The van der Waals surface area contributed by atoms with Gasteiger partial charge in [0.1, 0.15) is 5.82 Å². The molecular weight excluding hydrogens is 334 g/mol. The van der Waals surface area contributed by atoms with Crippen LogP contribution in [0.3, 0.4) is 0 Å². The second-order valence-corrected chi connectivity index (χ2v) is 6.33. The normalized spacial score (nSPS) is 10.7. The minimum absolute atomic E-state index is 0.00394. The molecule has 0 fully saturated rings. The maximum Gasteiger partial charge on any atom is 0.224 e. The summed E-state index contributed by atoms with van der Waals surface area (Å²) in [6.45, 7) is 5.88. The van der Waals surface area contributed by atoms with Gasteiger partial charge in [0.2, 0.25) is 5.91 Å². The fourth-order valence-electron chi connectivity index (χ4n) is 2.66. The van der Waals surface area contributed by atoms with Crippen LogP contribution in [0.1, 0.15) is 24.7 Å². The van der Waals surface area contributed by atoms with Gasteiger partial charge in [-0.05, 0) is 62.4 Å². The maximum atomic E-state index is 11.5. The summed E-state index contributed by atoms with van der Waals surface area (Å²) in [6, 6.07) is 15.4. The van der Waals surface area contributed by atoms with Crippen molar-refractivity contribution in [3.05, 3.63) is 64.9 Å². The van der Waals surface area contributed by atoms with Gasteiger partial charge in [0.05, 0.1) is 5.69 Å². The number of carbonyl (C=O) groups excluding carboxylic acids is 1. The third-order valence-corrected chi connectivity index (χ3v) is 4.43. The van der Waals surface area contributed by atoms with Crippen LogP contribution in [0.4, 0.5) is 5.69 Å². The second-order valence-electron chi connectivity index (χ2n) is 5.90. The van der Waals surface area contributed by atoms with E-state index < -0.39 is 0 Å². The monoisotopic (exact) mass is 353 g/mol. The Labute approximate surface area is 152 Å². The van der Waals surface area contributed by atoms with Gasteiger partial charge in [0.25, 0.3) is 0 Å². The van der Waals surface area contributed by atoms with Crippen molar-refractivity contribution in [3.63, 3.8) is 0 Å². The molecule has 0 bridgehead atoms. The zero-order chi connectivity index (χ0) is 18.0. The number of nitrogens with one attached hydrogen (secondary N) is 1. The van der Waals surface area contributed by atoms with Crippen LogP contribution < -0.4 is 5.32 Å². The highest BCUT2D eigenvalue weighted by Crippen LogP contribution is 2.27. The Morgan fingerprint density at radius 3 is 2.32 bits per heavy atom. The van der Waals surface area contributed by atoms with Gasteiger partial charge in [-0.1, -0.05) is 18.5 Å². The third-order valence-electron chi connectivity index (χ3n) is 4.18. The number of aromatic nitrogens is 2. The standard InChI is InChI=1S/C20H20ClN3O/c1-4-19(25)23-17-9-11-18(12-10-17)24-14(3)13(2)22-20(24)15-5-7-16(21)8-6-15/h5-12H,4H2,1-3H3,(H,23,25). The smallest absolute Gasteiger partial charge is 0.224 e. The quantitative estimate of drug-likeness (QED) is 0.704. The van der Waals surface area contributed by atoms with Crippen LogP contribution >= 0.6 is 11.6 Å². The number of aryl methyl sites for hydroxylation is 1. The van der Waals surface area contributed by atoms with Gasteiger partial charge in [-0.25, -0.2) is 4.98 Å². The highest BCUT2D eigenvalue weighted by Gasteiger charge is 2.14. The Balaban J connectivity index is 2.02. The topological polar surface area (TPSA) is 46.9 Å². The average Bonchev–Trinajstić information content (AvgIpc) is 2.91. The molecule has 0 aliphatic rings. The molecule has 0 aliphatic heterocycles. The van der Waals surface area contributed by atoms with Gasteiger partial charge in [-0.15, -0.1) is 0 Å². The van der Waals surface area contributed by atoms with Crippen molar-refractivity contribution < 1.29 is 4.79 Å². The molecule has 128 valence electrons. The second kappa shape index (κ2) is 7.11. The van der Waals surface area contributed by atoms with Crippen molar-refractivity contribution in [2.24, 2.45) is 0 Å². The predicted octanol–water partition coefficient (Wildman–Crippen LogP) is 5.16. The van der Waals surface area contributed by atoms with Crippen molar-refractivity contribution in [1.82, 2.24) is 9.55 Å². The number of amides is 1. The Morgan fingerprint density at radius 2 is 1.72 bits per heavy atom. The zero-order valence-electron chi connectivity index (χ0n) is 14.5. The van der Waals surface area contributed by atoms with Crippen molar-refractivity contribution in [1.29, 1.82) is 0 Å². The first-order valence-corrected chi connectivity index (χ1v) is 8.59. The summed E-state index contributed by atoms with van der Waals surface area (Å²) in [5, 5.41) is 3.56. The van der Waals surface area contributed by atoms with Crippen LogP contribution in [0.5, 0.6) is 0 Å². The van der Waals surface area contributed by atoms with Crippen molar-refractivity contribution in [3.8, 4) is 17.1 Å². The zero-order valence-corrected chi connectivity index (χ0v) is 15.3. The molecule has 4 nitrogen and oxygen atoms in total. The minimum Gasteiger partial charge on any atom is -0.326 e. The largest absolute Gasteiger partial charge is 0.326 e. The summed E-state index contributed by atoms with van der Waals surface area (Å²) >= 11 is 6.00. The first kappa shape index (κ1) is 17.2. The molecule has 5 heteroatoms. The molecule has 0 aliphatic carbocycles. The molecule has 1 N–H and O–H groups in total. The van der Waals surface area contributed by atoms with Gasteiger partial charge < -0.3 is 5.32 Å². The molecule has 25 heavy (non-hydrogen) atoms. The van der Waals surface area contributed by atoms with Crippen LogP contribution in [0, 0.1) is 13.8 Å². The van der Waals surface area contributed by atoms with Crippen molar-refractivity contribution in [2.75, 3.05) is 5.32 Å². The fourth-order valence-corrected chi connectivity index (χ4v) is 2.79. The van der Waals surface area contributed by atoms with E-state index in [0.29, 0.717) is 11.4 Å². The molecule has 0 radical (unpaired) electrons. The molecule has 3 rings (SSSR count). The lowest BCUT2D eigenvalue weighted by Gasteiger charge is -2.12. The van der Waals surface area contributed by atoms with E-state index >= 15 is 0 Å². The first-order chi connectivity index (χ1) is 12.0. The number of rotatable bonds is 4. The number of benzene rings is 2. The van der Waals surface area contributed by atoms with Crippen LogP contribution in [-0.2, 0) is 4.79 Å². The van der Waals surface area contributed by atoms with E-state index in [1.165, 1.54) is 0 Å². The van der Waals surface area contributed by atoms with Crippen LogP contribution in [0.2, 0.25) is 5.02 Å². The highest BCUT2D eigenvalue weighted by atomic mass is 35.5. The Bertz CT molecular complexity index is 896. The number of anilines is 1. The molecular formula is C20H20ClN3O. The van der Waals surface area contributed by atoms with E-state index in [1.54, 1.807) is 0 Å². The summed E-state index contributed by atoms with van der Waals surface area (Å²) in [5.41, 5.74) is 4.85. The van der Waals surface area contributed by atoms with Gasteiger partial charge in [-0.3, -0.25) is 9.36 Å². The lowest BCUT2D eigenvalue weighted by atomic mass is 10.2. The summed E-state index contributed by atoms with van der Waals surface area (Å²) in [4.78, 5) is 16.2. The summed E-state index contributed by atoms with van der Waals surface area (Å²) in [6.07, 6.45) is 0.461. The molecule has 3 aromatic rings. The average molecular weight is 354 g/mol. The molecule has 1 heterocycles. The maximum absolute atomic E-state index is 11.5. The molecule has 0 atom stereocenters. The third kappa shape index (κ3) is 3.59. The lowest BCUT2D eigenvalue weighted by Crippen LogP contribution is -2.09. The Kier molecular flexibility index (Phi) is 4.91. The molecule has 0 unspecified atom stereocenters. The Hall–Kier alpha value is -2.59. The molecule has 2 aromatic carbocycles. The first-order valence-electron chi connectivity index (χ1n) is 8.21. The molecule has 1 aromatic heterocycles. The fraction of sp³-hybridized carbons (Fsp3) is 0.200. The van der Waals surface area contributed by atoms with E-state index in [-0.39, 0.29) is 5.91 Å². The number of carbonyl (C=O) groups is 1.